The molecule has 0 aliphatic carbocycles. The van der Waals surface area contributed by atoms with E-state index in [1.54, 1.807) is 6.92 Å². The van der Waals surface area contributed by atoms with Crippen molar-refractivity contribution in [1.29, 1.82) is 0 Å². The number of nitrogens with one attached hydrogen (secondary N) is 1. The van der Waals surface area contributed by atoms with Gasteiger partial charge in [0.25, 0.3) is 0 Å². The van der Waals surface area contributed by atoms with Crippen molar-refractivity contribution < 1.29 is 9.84 Å². The first kappa shape index (κ1) is 17.7. The zero-order chi connectivity index (χ0) is 15.4. The Bertz CT molecular complexity index is 612. The molecule has 0 spiro atoms. The zero-order valence-electron chi connectivity index (χ0n) is 13.2. The first-order chi connectivity index (χ1) is 10.7. The second-order valence-electron chi connectivity index (χ2n) is 5.67. The number of hydrogen-bond donors (Lipinski definition) is 2. The van der Waals surface area contributed by atoms with Crippen LogP contribution in [0.2, 0.25) is 0 Å². The maximum Gasteiger partial charge on any atom is 0.134 e. The topological polar surface area (TPSA) is 72.2 Å². The van der Waals surface area contributed by atoms with Gasteiger partial charge in [-0.1, -0.05) is 23.4 Å². The summed E-state index contributed by atoms with van der Waals surface area (Å²) >= 11 is 0. The number of ether oxygens (including phenoxy) is 1. The standard InChI is InChI=1S/C16H22N4O2.ClH/c1-12(21)15-4-2-3-5-16(15)22-11-13-10-20(19-18-13)14-6-8-17-9-7-14;/h2-5,10,12,14,17,21H,6-9,11H2,1H3;1H. The molecule has 0 saturated carbocycles. The minimum absolute atomic E-state index is 0. The van der Waals surface area contributed by atoms with Crippen LogP contribution in [0.25, 0.3) is 0 Å². The van der Waals surface area contributed by atoms with E-state index in [0.717, 1.165) is 37.2 Å². The SMILES string of the molecule is CC(O)c1ccccc1OCc1cn(C2CCNCC2)nn1.Cl. The van der Waals surface area contributed by atoms with E-state index in [0.29, 0.717) is 18.4 Å². The van der Waals surface area contributed by atoms with E-state index >= 15 is 0 Å². The number of aliphatic hydroxyl groups excluding tert-OH is 1. The third-order valence-corrected chi connectivity index (χ3v) is 3.99. The van der Waals surface area contributed by atoms with Gasteiger partial charge >= 0.3 is 0 Å². The molecule has 3 rings (SSSR count). The van der Waals surface area contributed by atoms with Crippen LogP contribution in [0.3, 0.4) is 0 Å². The Labute approximate surface area is 142 Å². The van der Waals surface area contributed by atoms with Crippen LogP contribution in [0.5, 0.6) is 5.75 Å². The summed E-state index contributed by atoms with van der Waals surface area (Å²) in [6, 6.07) is 7.94. The number of nitrogens with zero attached hydrogens (tertiary/aromatic N) is 3. The highest BCUT2D eigenvalue weighted by atomic mass is 35.5. The minimum atomic E-state index is -0.554. The number of rotatable bonds is 5. The normalized spacial score (nSPS) is 16.6. The van der Waals surface area contributed by atoms with Gasteiger partial charge in [-0.2, -0.15) is 0 Å². The Balaban J connectivity index is 0.00000192. The molecule has 7 heteroatoms. The predicted octanol–water partition coefficient (Wildman–Crippen LogP) is 2.26. The molecule has 2 aromatic rings. The maximum atomic E-state index is 9.76. The molecule has 1 fully saturated rings. The number of aliphatic hydroxyl groups is 1. The largest absolute Gasteiger partial charge is 0.487 e. The Morgan fingerprint density at radius 1 is 1.35 bits per heavy atom. The molecule has 0 bridgehead atoms. The van der Waals surface area contributed by atoms with Crippen molar-refractivity contribution in [3.8, 4) is 5.75 Å². The van der Waals surface area contributed by atoms with E-state index < -0.39 is 6.10 Å². The van der Waals surface area contributed by atoms with Gasteiger partial charge in [0.2, 0.25) is 0 Å². The predicted molar refractivity (Wildman–Crippen MR) is 89.8 cm³/mol. The van der Waals surface area contributed by atoms with Gasteiger partial charge in [0.05, 0.1) is 18.3 Å². The molecule has 126 valence electrons. The third kappa shape index (κ3) is 4.43. The summed E-state index contributed by atoms with van der Waals surface area (Å²) in [4.78, 5) is 0. The molecule has 2 N–H and O–H groups in total. The molecule has 1 aromatic carbocycles. The Morgan fingerprint density at radius 2 is 2.09 bits per heavy atom. The molecular formula is C16H23ClN4O2. The van der Waals surface area contributed by atoms with Crippen LogP contribution >= 0.6 is 12.4 Å². The van der Waals surface area contributed by atoms with E-state index in [1.165, 1.54) is 0 Å². The van der Waals surface area contributed by atoms with Crippen molar-refractivity contribution in [2.75, 3.05) is 13.1 Å². The van der Waals surface area contributed by atoms with Crippen molar-refractivity contribution in [3.63, 3.8) is 0 Å². The molecule has 0 radical (unpaired) electrons. The molecule has 6 nitrogen and oxygen atoms in total. The van der Waals surface area contributed by atoms with Crippen LogP contribution in [0.1, 0.15) is 43.2 Å². The third-order valence-electron chi connectivity index (χ3n) is 3.99. The van der Waals surface area contributed by atoms with Gasteiger partial charge in [0, 0.05) is 5.56 Å². The molecule has 1 saturated heterocycles. The van der Waals surface area contributed by atoms with Crippen molar-refractivity contribution in [2.24, 2.45) is 0 Å². The van der Waals surface area contributed by atoms with Gasteiger partial charge in [-0.15, -0.1) is 17.5 Å². The minimum Gasteiger partial charge on any atom is -0.487 e. The number of benzene rings is 1. The summed E-state index contributed by atoms with van der Waals surface area (Å²) in [7, 11) is 0. The summed E-state index contributed by atoms with van der Waals surface area (Å²) in [5, 5.41) is 21.5. The highest BCUT2D eigenvalue weighted by Gasteiger charge is 2.16. The number of aromatic nitrogens is 3. The van der Waals surface area contributed by atoms with E-state index in [4.69, 9.17) is 4.74 Å². The molecule has 1 aliphatic rings. The number of hydrogen-bond acceptors (Lipinski definition) is 5. The van der Waals surface area contributed by atoms with Crippen LogP contribution in [0.15, 0.2) is 30.5 Å². The smallest absolute Gasteiger partial charge is 0.134 e. The van der Waals surface area contributed by atoms with E-state index in [1.807, 2.05) is 35.1 Å². The highest BCUT2D eigenvalue weighted by Crippen LogP contribution is 2.25. The highest BCUT2D eigenvalue weighted by molar-refractivity contribution is 5.85. The van der Waals surface area contributed by atoms with Crippen molar-refractivity contribution in [3.05, 3.63) is 41.7 Å². The van der Waals surface area contributed by atoms with Crippen LogP contribution in [0.4, 0.5) is 0 Å². The van der Waals surface area contributed by atoms with E-state index in [9.17, 15) is 5.11 Å². The first-order valence-corrected chi connectivity index (χ1v) is 7.75. The van der Waals surface area contributed by atoms with E-state index in [-0.39, 0.29) is 12.4 Å². The van der Waals surface area contributed by atoms with Gasteiger partial charge in [0.15, 0.2) is 0 Å². The fourth-order valence-corrected chi connectivity index (χ4v) is 2.74. The second kappa shape index (κ2) is 8.29. The van der Waals surface area contributed by atoms with Crippen LogP contribution in [-0.2, 0) is 6.61 Å². The lowest BCUT2D eigenvalue weighted by atomic mass is 10.1. The number of piperidine rings is 1. The maximum absolute atomic E-state index is 9.76. The first-order valence-electron chi connectivity index (χ1n) is 7.75. The molecule has 1 aromatic heterocycles. The quantitative estimate of drug-likeness (QED) is 0.875. The molecule has 0 amide bonds. The number of para-hydroxylation sites is 1. The molecule has 1 aliphatic heterocycles. The average molecular weight is 339 g/mol. The second-order valence-corrected chi connectivity index (χ2v) is 5.67. The van der Waals surface area contributed by atoms with Crippen molar-refractivity contribution in [2.45, 2.75) is 38.5 Å². The molecule has 1 unspecified atom stereocenters. The molecular weight excluding hydrogens is 316 g/mol. The fraction of sp³-hybridized carbons (Fsp3) is 0.500. The fourth-order valence-electron chi connectivity index (χ4n) is 2.74. The molecule has 2 heterocycles. The summed E-state index contributed by atoms with van der Waals surface area (Å²) in [6.45, 7) is 4.14. The van der Waals surface area contributed by atoms with Crippen molar-refractivity contribution >= 4 is 12.4 Å². The van der Waals surface area contributed by atoms with Crippen molar-refractivity contribution in [1.82, 2.24) is 20.3 Å². The monoisotopic (exact) mass is 338 g/mol. The van der Waals surface area contributed by atoms with Gasteiger partial charge in [0.1, 0.15) is 18.1 Å². The van der Waals surface area contributed by atoms with Crippen LogP contribution in [0, 0.1) is 0 Å². The van der Waals surface area contributed by atoms with Crippen LogP contribution < -0.4 is 10.1 Å². The lowest BCUT2D eigenvalue weighted by molar-refractivity contribution is 0.190. The van der Waals surface area contributed by atoms with Gasteiger partial charge < -0.3 is 15.2 Å². The molecule has 1 atom stereocenters. The summed E-state index contributed by atoms with van der Waals surface area (Å²) in [6.07, 6.45) is 3.56. The van der Waals surface area contributed by atoms with E-state index in [2.05, 4.69) is 15.6 Å². The summed E-state index contributed by atoms with van der Waals surface area (Å²) < 4.78 is 7.74. The van der Waals surface area contributed by atoms with Gasteiger partial charge in [-0.25, -0.2) is 4.68 Å². The lowest BCUT2D eigenvalue weighted by Gasteiger charge is -2.22. The lowest BCUT2D eigenvalue weighted by Crippen LogP contribution is -2.29. The molecule has 23 heavy (non-hydrogen) atoms. The van der Waals surface area contributed by atoms with Gasteiger partial charge in [-0.3, -0.25) is 0 Å². The Hall–Kier alpha value is -1.63. The Morgan fingerprint density at radius 3 is 2.83 bits per heavy atom. The average Bonchev–Trinajstić information content (AvgIpc) is 3.03. The van der Waals surface area contributed by atoms with Crippen LogP contribution in [-0.4, -0.2) is 33.2 Å². The summed E-state index contributed by atoms with van der Waals surface area (Å²) in [5.74, 6) is 0.689. The Kier molecular flexibility index (Phi) is 6.38. The zero-order valence-corrected chi connectivity index (χ0v) is 14.0. The van der Waals surface area contributed by atoms with Gasteiger partial charge in [-0.05, 0) is 38.9 Å². The summed E-state index contributed by atoms with van der Waals surface area (Å²) in [5.41, 5.74) is 1.59. The number of halogens is 1.